The van der Waals surface area contributed by atoms with Crippen molar-refractivity contribution in [1.82, 2.24) is 15.0 Å². The molecule has 0 bridgehead atoms. The summed E-state index contributed by atoms with van der Waals surface area (Å²) in [5.41, 5.74) is 7.36. The number of hydrogen-bond acceptors (Lipinski definition) is 5. The monoisotopic (exact) mass is 359 g/mol. The number of rotatable bonds is 4. The van der Waals surface area contributed by atoms with Crippen LogP contribution in [0.4, 0.5) is 11.6 Å². The van der Waals surface area contributed by atoms with Crippen molar-refractivity contribution < 1.29 is 0 Å². The van der Waals surface area contributed by atoms with E-state index in [0.717, 1.165) is 43.4 Å². The van der Waals surface area contributed by atoms with Crippen LogP contribution in [-0.4, -0.2) is 21.5 Å². The molecule has 5 heteroatoms. The zero-order valence-electron chi connectivity index (χ0n) is 16.2. The van der Waals surface area contributed by atoms with Crippen molar-refractivity contribution >= 4 is 11.6 Å². The van der Waals surface area contributed by atoms with Crippen molar-refractivity contribution in [3.05, 3.63) is 76.4 Å². The minimum atomic E-state index is 0.764. The Morgan fingerprint density at radius 2 is 1.85 bits per heavy atom. The first kappa shape index (κ1) is 17.5. The Balaban J connectivity index is 1.56. The number of fused-ring (bicyclic) bond motifs is 1. The van der Waals surface area contributed by atoms with Crippen LogP contribution in [0.3, 0.4) is 0 Å². The topological polar surface area (TPSA) is 53.9 Å². The Bertz CT molecular complexity index is 949. The normalized spacial score (nSPS) is 13.4. The lowest BCUT2D eigenvalue weighted by atomic mass is 10.0. The van der Waals surface area contributed by atoms with Crippen LogP contribution in [0, 0.1) is 20.8 Å². The molecule has 0 spiro atoms. The lowest BCUT2D eigenvalue weighted by molar-refractivity contribution is 0.697. The number of nitrogens with zero attached hydrogens (tertiary/aromatic N) is 4. The van der Waals surface area contributed by atoms with E-state index in [4.69, 9.17) is 0 Å². The molecule has 1 N–H and O–H groups in total. The van der Waals surface area contributed by atoms with Crippen molar-refractivity contribution in [2.45, 2.75) is 40.3 Å². The molecular weight excluding hydrogens is 334 g/mol. The second kappa shape index (κ2) is 7.35. The first-order chi connectivity index (χ1) is 13.1. The van der Waals surface area contributed by atoms with Gasteiger partial charge in [-0.2, -0.15) is 0 Å². The summed E-state index contributed by atoms with van der Waals surface area (Å²) < 4.78 is 0. The molecular formula is C22H25N5. The smallest absolute Gasteiger partial charge is 0.134 e. The van der Waals surface area contributed by atoms with Gasteiger partial charge >= 0.3 is 0 Å². The minimum Gasteiger partial charge on any atom is -0.366 e. The Kier molecular flexibility index (Phi) is 4.75. The molecule has 0 unspecified atom stereocenters. The summed E-state index contributed by atoms with van der Waals surface area (Å²) in [4.78, 5) is 15.9. The van der Waals surface area contributed by atoms with Crippen molar-refractivity contribution in [2.75, 3.05) is 16.8 Å². The maximum atomic E-state index is 4.58. The zero-order valence-corrected chi connectivity index (χ0v) is 16.2. The molecule has 1 aliphatic heterocycles. The fourth-order valence-electron chi connectivity index (χ4n) is 3.51. The van der Waals surface area contributed by atoms with E-state index >= 15 is 0 Å². The minimum absolute atomic E-state index is 0.764. The average Bonchev–Trinajstić information content (AvgIpc) is 2.69. The molecule has 4 rings (SSSR count). The number of anilines is 2. The third kappa shape index (κ3) is 3.77. The summed E-state index contributed by atoms with van der Waals surface area (Å²) >= 11 is 0. The zero-order chi connectivity index (χ0) is 18.8. The van der Waals surface area contributed by atoms with Gasteiger partial charge in [0.15, 0.2) is 0 Å². The van der Waals surface area contributed by atoms with Crippen LogP contribution in [0.1, 0.15) is 33.5 Å². The van der Waals surface area contributed by atoms with E-state index < -0.39 is 0 Å². The van der Waals surface area contributed by atoms with Crippen LogP contribution in [0.2, 0.25) is 0 Å². The Hall–Kier alpha value is -2.95. The van der Waals surface area contributed by atoms with Crippen molar-refractivity contribution in [3.8, 4) is 0 Å². The molecule has 3 heterocycles. The van der Waals surface area contributed by atoms with Crippen molar-refractivity contribution in [1.29, 1.82) is 0 Å². The molecule has 0 aliphatic carbocycles. The Labute approximate surface area is 160 Å². The maximum absolute atomic E-state index is 4.58. The lowest BCUT2D eigenvalue weighted by Gasteiger charge is -2.30. The second-order valence-corrected chi connectivity index (χ2v) is 7.30. The van der Waals surface area contributed by atoms with E-state index in [1.165, 1.54) is 27.8 Å². The molecule has 5 nitrogen and oxygen atoms in total. The number of benzene rings is 1. The van der Waals surface area contributed by atoms with E-state index in [1.54, 1.807) is 6.33 Å². The Morgan fingerprint density at radius 1 is 1.00 bits per heavy atom. The fourth-order valence-corrected chi connectivity index (χ4v) is 3.51. The summed E-state index contributed by atoms with van der Waals surface area (Å²) in [5.74, 6) is 1.94. The van der Waals surface area contributed by atoms with Crippen LogP contribution >= 0.6 is 0 Å². The first-order valence-electron chi connectivity index (χ1n) is 9.40. The number of aromatic nitrogens is 3. The first-order valence-corrected chi connectivity index (χ1v) is 9.40. The van der Waals surface area contributed by atoms with E-state index in [2.05, 4.69) is 76.3 Å². The van der Waals surface area contributed by atoms with Gasteiger partial charge in [-0.3, -0.25) is 0 Å². The largest absolute Gasteiger partial charge is 0.366 e. The Morgan fingerprint density at radius 3 is 2.67 bits per heavy atom. The molecule has 138 valence electrons. The summed E-state index contributed by atoms with van der Waals surface area (Å²) in [6, 6.07) is 10.8. The summed E-state index contributed by atoms with van der Waals surface area (Å²) in [6.07, 6.45) is 4.50. The molecule has 0 saturated carbocycles. The van der Waals surface area contributed by atoms with Crippen LogP contribution < -0.4 is 10.2 Å². The molecule has 1 aromatic carbocycles. The van der Waals surface area contributed by atoms with Crippen molar-refractivity contribution in [2.24, 2.45) is 0 Å². The van der Waals surface area contributed by atoms with Gasteiger partial charge in [0.1, 0.15) is 18.0 Å². The molecule has 0 saturated heterocycles. The quantitative estimate of drug-likeness (QED) is 0.764. The van der Waals surface area contributed by atoms with Gasteiger partial charge in [0.05, 0.1) is 5.69 Å². The van der Waals surface area contributed by atoms with Gasteiger partial charge in [0.25, 0.3) is 0 Å². The van der Waals surface area contributed by atoms with Gasteiger partial charge in [-0.15, -0.1) is 0 Å². The van der Waals surface area contributed by atoms with E-state index in [1.807, 2.05) is 6.20 Å². The number of pyridine rings is 1. The third-order valence-electron chi connectivity index (χ3n) is 5.17. The van der Waals surface area contributed by atoms with Crippen LogP contribution in [0.5, 0.6) is 0 Å². The summed E-state index contributed by atoms with van der Waals surface area (Å²) in [7, 11) is 0. The number of hydrogen-bond donors (Lipinski definition) is 1. The highest BCUT2D eigenvalue weighted by Crippen LogP contribution is 2.26. The highest BCUT2D eigenvalue weighted by molar-refractivity contribution is 5.52. The van der Waals surface area contributed by atoms with Gasteiger partial charge in [-0.05, 0) is 43.5 Å². The molecule has 3 aromatic rings. The molecule has 2 aromatic heterocycles. The van der Waals surface area contributed by atoms with Gasteiger partial charge in [-0.25, -0.2) is 15.0 Å². The van der Waals surface area contributed by atoms with E-state index in [9.17, 15) is 0 Å². The third-order valence-corrected chi connectivity index (χ3v) is 5.17. The van der Waals surface area contributed by atoms with Gasteiger partial charge in [0, 0.05) is 37.8 Å². The molecule has 0 radical (unpaired) electrons. The summed E-state index contributed by atoms with van der Waals surface area (Å²) in [6.45, 7) is 8.81. The molecule has 0 amide bonds. The highest BCUT2D eigenvalue weighted by Gasteiger charge is 2.22. The SMILES string of the molecule is Cc1ccc(N2CCc3ncnc(NCc4cc(C)ccc4C)c3C2)nc1. The predicted molar refractivity (Wildman–Crippen MR) is 109 cm³/mol. The predicted octanol–water partition coefficient (Wildman–Crippen LogP) is 3.97. The van der Waals surface area contributed by atoms with Crippen LogP contribution in [0.15, 0.2) is 42.9 Å². The maximum Gasteiger partial charge on any atom is 0.134 e. The number of aryl methyl sites for hydroxylation is 3. The second-order valence-electron chi connectivity index (χ2n) is 7.30. The number of nitrogens with one attached hydrogen (secondary N) is 1. The molecule has 27 heavy (non-hydrogen) atoms. The lowest BCUT2D eigenvalue weighted by Crippen LogP contribution is -2.32. The average molecular weight is 359 g/mol. The van der Waals surface area contributed by atoms with Gasteiger partial charge in [-0.1, -0.05) is 29.8 Å². The van der Waals surface area contributed by atoms with E-state index in [0.29, 0.717) is 0 Å². The highest BCUT2D eigenvalue weighted by atomic mass is 15.2. The van der Waals surface area contributed by atoms with Crippen LogP contribution in [0.25, 0.3) is 0 Å². The van der Waals surface area contributed by atoms with Crippen LogP contribution in [-0.2, 0) is 19.5 Å². The molecule has 0 fully saturated rings. The molecule has 1 aliphatic rings. The standard InChI is InChI=1S/C22H25N5/c1-15-4-6-17(3)18(10-15)12-24-22-19-13-27(9-8-20(19)25-14-26-22)21-7-5-16(2)11-23-21/h4-7,10-11,14H,8-9,12-13H2,1-3H3,(H,24,25,26). The molecule has 0 atom stereocenters. The fraction of sp³-hybridized carbons (Fsp3) is 0.318. The van der Waals surface area contributed by atoms with Crippen molar-refractivity contribution in [3.63, 3.8) is 0 Å². The van der Waals surface area contributed by atoms with E-state index in [-0.39, 0.29) is 0 Å². The summed E-state index contributed by atoms with van der Waals surface area (Å²) in [5, 5.41) is 3.54. The van der Waals surface area contributed by atoms with Gasteiger partial charge in [0.2, 0.25) is 0 Å². The van der Waals surface area contributed by atoms with Gasteiger partial charge < -0.3 is 10.2 Å².